The second kappa shape index (κ2) is 4.90. The van der Waals surface area contributed by atoms with Crippen molar-refractivity contribution in [3.05, 3.63) is 33.9 Å². The summed E-state index contributed by atoms with van der Waals surface area (Å²) in [4.78, 5) is 25.5. The van der Waals surface area contributed by atoms with Crippen LogP contribution in [0.25, 0.3) is 10.3 Å². The Morgan fingerprint density at radius 3 is 2.89 bits per heavy atom. The molecule has 0 aliphatic carbocycles. The molecule has 0 aromatic carbocycles. The van der Waals surface area contributed by atoms with Crippen LogP contribution in [0.1, 0.15) is 15.4 Å². The molecule has 8 heteroatoms. The number of amides is 1. The highest BCUT2D eigenvalue weighted by atomic mass is 32.1. The fourth-order valence-corrected chi connectivity index (χ4v) is 3.08. The molecule has 3 heterocycles. The molecule has 96 valence electrons. The van der Waals surface area contributed by atoms with Gasteiger partial charge < -0.3 is 11.1 Å². The number of aromatic nitrogens is 3. The zero-order valence-electron chi connectivity index (χ0n) is 9.66. The van der Waals surface area contributed by atoms with Crippen molar-refractivity contribution in [3.63, 3.8) is 0 Å². The zero-order chi connectivity index (χ0) is 13.2. The summed E-state index contributed by atoms with van der Waals surface area (Å²) in [5.74, 6) is -0.227. The highest BCUT2D eigenvalue weighted by Gasteiger charge is 2.17. The van der Waals surface area contributed by atoms with Gasteiger partial charge in [0.15, 0.2) is 0 Å². The Balaban J connectivity index is 1.83. The number of hydrogen-bond donors (Lipinski definition) is 2. The lowest BCUT2D eigenvalue weighted by Gasteiger charge is -2.01. The Hall–Kier alpha value is -2.06. The number of fused-ring (bicyclic) bond motifs is 1. The standard InChI is InChI=1S/C11H9N5OS2/c12-7-8-11(14-2-1-13-8)19-9(7)10(17)15-3-6-4-18-5-16-6/h1-2,4-5H,3,12H2,(H,15,17). The number of rotatable bonds is 3. The fourth-order valence-electron chi connectivity index (χ4n) is 1.59. The maximum Gasteiger partial charge on any atom is 0.263 e. The van der Waals surface area contributed by atoms with Gasteiger partial charge in [0.1, 0.15) is 15.2 Å². The number of nitrogens with zero attached hydrogens (tertiary/aromatic N) is 3. The minimum Gasteiger partial charge on any atom is -0.396 e. The Bertz CT molecular complexity index is 722. The number of hydrogen-bond acceptors (Lipinski definition) is 7. The number of anilines is 1. The molecule has 3 N–H and O–H groups in total. The second-order valence-corrected chi connectivity index (χ2v) is 5.44. The van der Waals surface area contributed by atoms with Crippen molar-refractivity contribution in [1.82, 2.24) is 20.3 Å². The molecule has 1 amide bonds. The molecule has 0 fully saturated rings. The van der Waals surface area contributed by atoms with E-state index < -0.39 is 0 Å². The van der Waals surface area contributed by atoms with Crippen molar-refractivity contribution in [1.29, 1.82) is 0 Å². The van der Waals surface area contributed by atoms with Crippen molar-refractivity contribution in [2.24, 2.45) is 0 Å². The van der Waals surface area contributed by atoms with Crippen LogP contribution in [0.15, 0.2) is 23.3 Å². The van der Waals surface area contributed by atoms with Gasteiger partial charge in [-0.1, -0.05) is 0 Å². The lowest BCUT2D eigenvalue weighted by molar-refractivity contribution is 0.0955. The predicted octanol–water partition coefficient (Wildman–Crippen LogP) is 1.66. The van der Waals surface area contributed by atoms with Crippen LogP contribution in [-0.4, -0.2) is 20.9 Å². The number of thiazole rings is 1. The first kappa shape index (κ1) is 12.0. The molecule has 3 aromatic heterocycles. The van der Waals surface area contributed by atoms with Crippen LogP contribution in [0.5, 0.6) is 0 Å². The lowest BCUT2D eigenvalue weighted by Crippen LogP contribution is -2.22. The Morgan fingerprint density at radius 2 is 2.16 bits per heavy atom. The summed E-state index contributed by atoms with van der Waals surface area (Å²) in [6.07, 6.45) is 3.14. The molecule has 0 aliphatic rings. The van der Waals surface area contributed by atoms with Gasteiger partial charge in [0.05, 0.1) is 23.4 Å². The quantitative estimate of drug-likeness (QED) is 0.765. The third-order valence-corrected chi connectivity index (χ3v) is 4.22. The summed E-state index contributed by atoms with van der Waals surface area (Å²) in [6, 6.07) is 0. The number of thiophene rings is 1. The summed E-state index contributed by atoms with van der Waals surface area (Å²) < 4.78 is 0. The number of carbonyl (C=O) groups excluding carboxylic acids is 1. The van der Waals surface area contributed by atoms with Gasteiger partial charge in [-0.05, 0) is 0 Å². The monoisotopic (exact) mass is 291 g/mol. The van der Waals surface area contributed by atoms with Crippen LogP contribution < -0.4 is 11.1 Å². The molecule has 0 atom stereocenters. The number of nitrogen functional groups attached to an aromatic ring is 1. The highest BCUT2D eigenvalue weighted by Crippen LogP contribution is 2.30. The summed E-state index contributed by atoms with van der Waals surface area (Å²) in [5, 5.41) is 4.67. The molecule has 0 aliphatic heterocycles. The van der Waals surface area contributed by atoms with Gasteiger partial charge in [-0.25, -0.2) is 15.0 Å². The molecular formula is C11H9N5OS2. The molecular weight excluding hydrogens is 282 g/mol. The molecule has 0 unspecified atom stereocenters. The number of carbonyl (C=O) groups is 1. The van der Waals surface area contributed by atoms with Gasteiger partial charge in [0.2, 0.25) is 0 Å². The summed E-state index contributed by atoms with van der Waals surface area (Å²) in [5.41, 5.74) is 9.43. The van der Waals surface area contributed by atoms with E-state index in [9.17, 15) is 4.79 Å². The molecule has 0 spiro atoms. The Kier molecular flexibility index (Phi) is 3.10. The van der Waals surface area contributed by atoms with Crippen molar-refractivity contribution in [2.45, 2.75) is 6.54 Å². The minimum atomic E-state index is -0.227. The van der Waals surface area contributed by atoms with Gasteiger partial charge in [0.25, 0.3) is 5.91 Å². The minimum absolute atomic E-state index is 0.227. The number of nitrogens with two attached hydrogens (primary N) is 1. The van der Waals surface area contributed by atoms with E-state index in [1.54, 1.807) is 17.9 Å². The maximum absolute atomic E-state index is 12.1. The molecule has 0 bridgehead atoms. The largest absolute Gasteiger partial charge is 0.396 e. The van der Waals surface area contributed by atoms with Crippen molar-refractivity contribution in [3.8, 4) is 0 Å². The van der Waals surface area contributed by atoms with E-state index in [0.717, 1.165) is 5.69 Å². The van der Waals surface area contributed by atoms with Gasteiger partial charge in [0, 0.05) is 17.8 Å². The average Bonchev–Trinajstić information content (AvgIpc) is 3.05. The van der Waals surface area contributed by atoms with E-state index in [2.05, 4.69) is 20.3 Å². The maximum atomic E-state index is 12.1. The van der Waals surface area contributed by atoms with E-state index in [1.165, 1.54) is 22.7 Å². The topological polar surface area (TPSA) is 93.8 Å². The van der Waals surface area contributed by atoms with E-state index in [0.29, 0.717) is 27.5 Å². The molecule has 0 radical (unpaired) electrons. The average molecular weight is 291 g/mol. The Morgan fingerprint density at radius 1 is 1.32 bits per heavy atom. The lowest BCUT2D eigenvalue weighted by atomic mass is 10.3. The number of nitrogens with one attached hydrogen (secondary N) is 1. The third-order valence-electron chi connectivity index (χ3n) is 2.48. The molecule has 0 saturated carbocycles. The Labute approximate surface area is 116 Å². The molecule has 19 heavy (non-hydrogen) atoms. The predicted molar refractivity (Wildman–Crippen MR) is 75.1 cm³/mol. The molecule has 3 rings (SSSR count). The molecule has 6 nitrogen and oxygen atoms in total. The van der Waals surface area contributed by atoms with Crippen LogP contribution >= 0.6 is 22.7 Å². The first-order chi connectivity index (χ1) is 9.25. The van der Waals surface area contributed by atoms with Crippen LogP contribution in [-0.2, 0) is 6.54 Å². The van der Waals surface area contributed by atoms with E-state index in [1.807, 2.05) is 5.38 Å². The van der Waals surface area contributed by atoms with Crippen molar-refractivity contribution >= 4 is 44.6 Å². The smallest absolute Gasteiger partial charge is 0.263 e. The first-order valence-corrected chi connectivity index (χ1v) is 7.16. The first-order valence-electron chi connectivity index (χ1n) is 5.40. The molecule has 0 saturated heterocycles. The van der Waals surface area contributed by atoms with Gasteiger partial charge in [-0.2, -0.15) is 0 Å². The van der Waals surface area contributed by atoms with Crippen LogP contribution in [0.2, 0.25) is 0 Å². The summed E-state index contributed by atoms with van der Waals surface area (Å²) >= 11 is 2.73. The normalized spacial score (nSPS) is 10.7. The van der Waals surface area contributed by atoms with Crippen LogP contribution in [0.4, 0.5) is 5.69 Å². The van der Waals surface area contributed by atoms with Gasteiger partial charge in [-0.3, -0.25) is 4.79 Å². The fraction of sp³-hybridized carbons (Fsp3) is 0.0909. The highest BCUT2D eigenvalue weighted by molar-refractivity contribution is 7.21. The van der Waals surface area contributed by atoms with Crippen molar-refractivity contribution < 1.29 is 4.79 Å². The van der Waals surface area contributed by atoms with Crippen molar-refractivity contribution in [2.75, 3.05) is 5.73 Å². The van der Waals surface area contributed by atoms with Gasteiger partial charge >= 0.3 is 0 Å². The zero-order valence-corrected chi connectivity index (χ0v) is 11.3. The van der Waals surface area contributed by atoms with Crippen LogP contribution in [0, 0.1) is 0 Å². The summed E-state index contributed by atoms with van der Waals surface area (Å²) in [6.45, 7) is 0.386. The summed E-state index contributed by atoms with van der Waals surface area (Å²) in [7, 11) is 0. The van der Waals surface area contributed by atoms with E-state index in [4.69, 9.17) is 5.73 Å². The van der Waals surface area contributed by atoms with Crippen LogP contribution in [0.3, 0.4) is 0 Å². The molecule has 3 aromatic rings. The van der Waals surface area contributed by atoms with E-state index in [-0.39, 0.29) is 5.91 Å². The van der Waals surface area contributed by atoms with Gasteiger partial charge in [-0.15, -0.1) is 22.7 Å². The van der Waals surface area contributed by atoms with E-state index >= 15 is 0 Å². The SMILES string of the molecule is Nc1c(C(=O)NCc2cscn2)sc2nccnc12. The third kappa shape index (κ3) is 2.27. The second-order valence-electron chi connectivity index (χ2n) is 3.72.